The van der Waals surface area contributed by atoms with Gasteiger partial charge in [0.05, 0.1) is 19.0 Å². The summed E-state index contributed by atoms with van der Waals surface area (Å²) in [6.07, 6.45) is -0.145. The molecule has 2 aromatic heterocycles. The minimum absolute atomic E-state index is 0.0734. The van der Waals surface area contributed by atoms with Crippen LogP contribution in [0.1, 0.15) is 62.8 Å². The van der Waals surface area contributed by atoms with Gasteiger partial charge in [-0.2, -0.15) is 26.9 Å². The Balaban J connectivity index is 1.61. The average molecular weight is 606 g/mol. The van der Waals surface area contributed by atoms with Crippen molar-refractivity contribution in [1.29, 1.82) is 0 Å². The molecule has 0 spiro atoms. The van der Waals surface area contributed by atoms with Crippen LogP contribution in [0.5, 0.6) is 17.5 Å². The first-order chi connectivity index (χ1) is 20.3. The number of hydrogen-bond donors (Lipinski definition) is 0. The second-order valence-corrected chi connectivity index (χ2v) is 10.1. The van der Waals surface area contributed by atoms with Gasteiger partial charge in [0.15, 0.2) is 5.82 Å². The van der Waals surface area contributed by atoms with Crippen molar-refractivity contribution in [3.05, 3.63) is 71.5 Å². The highest BCUT2D eigenvalue weighted by Crippen LogP contribution is 2.45. The van der Waals surface area contributed by atoms with Crippen molar-refractivity contribution < 1.29 is 36.2 Å². The van der Waals surface area contributed by atoms with E-state index < -0.39 is 17.9 Å². The maximum absolute atomic E-state index is 13.8. The van der Waals surface area contributed by atoms with Crippen LogP contribution in [0.25, 0.3) is 17.1 Å². The molecule has 13 heteroatoms. The number of ether oxygens (including phenoxy) is 3. The van der Waals surface area contributed by atoms with E-state index in [1.807, 2.05) is 13.0 Å². The highest BCUT2D eigenvalue weighted by atomic mass is 19.4. The number of nitrogens with zero attached hydrogens (tertiary/aromatic N) is 5. The van der Waals surface area contributed by atoms with Crippen LogP contribution in [-0.4, -0.2) is 51.3 Å². The number of methoxy groups -OCH3 is 1. The van der Waals surface area contributed by atoms with Crippen molar-refractivity contribution in [3.63, 3.8) is 0 Å². The van der Waals surface area contributed by atoms with Crippen LogP contribution < -0.4 is 14.2 Å². The smallest absolute Gasteiger partial charge is 0.413 e. The molecule has 0 aliphatic heterocycles. The summed E-state index contributed by atoms with van der Waals surface area (Å²) in [5, 5.41) is 0. The van der Waals surface area contributed by atoms with Gasteiger partial charge in [-0.15, -0.1) is 0 Å². The molecule has 0 unspecified atom stereocenters. The predicted molar refractivity (Wildman–Crippen MR) is 149 cm³/mol. The second-order valence-electron chi connectivity index (χ2n) is 10.1. The molecule has 0 N–H and O–H groups in total. The molecular weight excluding hydrogens is 573 g/mol. The van der Waals surface area contributed by atoms with E-state index in [1.54, 1.807) is 31.3 Å². The maximum Gasteiger partial charge on any atom is 0.413 e. The standard InChI is InChI=1S/C30H32F5N5O3/c1-6-7-22(40(4)15-18(2)30(33,34)35)20-10-8-19(9-11-20)16-42-27-23(43-29(3,31)32)14-36-26(39-27)24-25(21-12-13-21)37-17-38-28(24)41-5/h7-11,14-15,17,21H,6,12-13,16H2,1-5H3/b18-15+,22-7-. The molecule has 1 aliphatic carbocycles. The zero-order chi connectivity index (χ0) is 31.4. The van der Waals surface area contributed by atoms with Gasteiger partial charge >= 0.3 is 12.3 Å². The van der Waals surface area contributed by atoms with Crippen molar-refractivity contribution in [2.24, 2.45) is 0 Å². The van der Waals surface area contributed by atoms with Gasteiger partial charge in [-0.1, -0.05) is 37.3 Å². The molecule has 4 rings (SSSR count). The van der Waals surface area contributed by atoms with E-state index in [2.05, 4.69) is 19.9 Å². The Labute approximate surface area is 246 Å². The van der Waals surface area contributed by atoms with Gasteiger partial charge in [0, 0.05) is 37.4 Å². The first-order valence-corrected chi connectivity index (χ1v) is 13.5. The fourth-order valence-electron chi connectivity index (χ4n) is 4.27. The highest BCUT2D eigenvalue weighted by molar-refractivity contribution is 5.67. The van der Waals surface area contributed by atoms with Gasteiger partial charge < -0.3 is 19.1 Å². The third-order valence-electron chi connectivity index (χ3n) is 6.47. The third-order valence-corrected chi connectivity index (χ3v) is 6.47. The van der Waals surface area contributed by atoms with Crippen molar-refractivity contribution in [3.8, 4) is 28.9 Å². The summed E-state index contributed by atoms with van der Waals surface area (Å²) in [6.45, 7) is 3.41. The molecule has 0 saturated heterocycles. The summed E-state index contributed by atoms with van der Waals surface area (Å²) < 4.78 is 82.9. The molecule has 1 aliphatic rings. The Morgan fingerprint density at radius 3 is 2.33 bits per heavy atom. The zero-order valence-electron chi connectivity index (χ0n) is 24.4. The summed E-state index contributed by atoms with van der Waals surface area (Å²) >= 11 is 0. The molecule has 8 nitrogen and oxygen atoms in total. The summed E-state index contributed by atoms with van der Waals surface area (Å²) in [5.41, 5.74) is 2.34. The molecule has 0 atom stereocenters. The third kappa shape index (κ3) is 8.17. The maximum atomic E-state index is 13.8. The lowest BCUT2D eigenvalue weighted by Gasteiger charge is -2.21. The number of rotatable bonds is 12. The van der Waals surface area contributed by atoms with E-state index in [9.17, 15) is 22.0 Å². The van der Waals surface area contributed by atoms with Crippen LogP contribution in [0, 0.1) is 0 Å². The topological polar surface area (TPSA) is 82.5 Å². The van der Waals surface area contributed by atoms with Gasteiger partial charge in [-0.05, 0) is 37.3 Å². The quantitative estimate of drug-likeness (QED) is 0.196. The van der Waals surface area contributed by atoms with Crippen molar-refractivity contribution in [2.75, 3.05) is 14.2 Å². The molecule has 0 radical (unpaired) electrons. The van der Waals surface area contributed by atoms with Gasteiger partial charge in [0.2, 0.25) is 11.6 Å². The van der Waals surface area contributed by atoms with Crippen LogP contribution in [0.2, 0.25) is 0 Å². The highest BCUT2D eigenvalue weighted by Gasteiger charge is 2.33. The average Bonchev–Trinajstić information content (AvgIpc) is 3.79. The monoisotopic (exact) mass is 605 g/mol. The Kier molecular flexibility index (Phi) is 9.51. The molecule has 1 saturated carbocycles. The van der Waals surface area contributed by atoms with Gasteiger partial charge in [-0.25, -0.2) is 15.0 Å². The zero-order valence-corrected chi connectivity index (χ0v) is 24.4. The second kappa shape index (κ2) is 12.9. The van der Waals surface area contributed by atoms with E-state index in [1.165, 1.54) is 18.3 Å². The van der Waals surface area contributed by atoms with Gasteiger partial charge in [0.25, 0.3) is 5.88 Å². The van der Waals surface area contributed by atoms with Crippen molar-refractivity contribution in [2.45, 2.75) is 64.8 Å². The summed E-state index contributed by atoms with van der Waals surface area (Å²) in [5.74, 6) is -0.0152. The SMILES string of the molecule is CC/C=C(/c1ccc(COc2nc(-c3c(OC)ncnc3C3CC3)ncc2OC(C)(F)F)cc1)N(C)/C=C(\C)C(F)(F)F. The molecule has 0 bridgehead atoms. The molecule has 43 heavy (non-hydrogen) atoms. The number of benzene rings is 1. The Morgan fingerprint density at radius 2 is 1.74 bits per heavy atom. The molecule has 2 heterocycles. The predicted octanol–water partition coefficient (Wildman–Crippen LogP) is 7.54. The number of halogens is 5. The van der Waals surface area contributed by atoms with Crippen LogP contribution >= 0.6 is 0 Å². The number of allylic oxidation sites excluding steroid dienone is 2. The molecule has 1 aromatic carbocycles. The Hall–Kier alpha value is -4.29. The molecule has 3 aromatic rings. The van der Waals surface area contributed by atoms with Crippen molar-refractivity contribution >= 4 is 5.70 Å². The van der Waals surface area contributed by atoms with E-state index in [-0.39, 0.29) is 35.9 Å². The lowest BCUT2D eigenvalue weighted by atomic mass is 10.1. The number of hydrogen-bond acceptors (Lipinski definition) is 8. The summed E-state index contributed by atoms with van der Waals surface area (Å²) in [7, 11) is 3.00. The minimum atomic E-state index is -4.43. The first-order valence-electron chi connectivity index (χ1n) is 13.5. The fraction of sp³-hybridized carbons (Fsp3) is 0.400. The lowest BCUT2D eigenvalue weighted by Crippen LogP contribution is -2.20. The Bertz CT molecular complexity index is 1480. The van der Waals surface area contributed by atoms with E-state index in [0.717, 1.165) is 32.2 Å². The van der Waals surface area contributed by atoms with Gasteiger partial charge in [0.1, 0.15) is 18.5 Å². The van der Waals surface area contributed by atoms with E-state index in [4.69, 9.17) is 14.2 Å². The normalized spacial score (nSPS) is 14.5. The molecular formula is C30H32F5N5O3. The van der Waals surface area contributed by atoms with Crippen LogP contribution in [0.4, 0.5) is 22.0 Å². The lowest BCUT2D eigenvalue weighted by molar-refractivity contribution is -0.160. The largest absolute Gasteiger partial charge is 0.480 e. The van der Waals surface area contributed by atoms with Gasteiger partial charge in [-0.3, -0.25) is 0 Å². The van der Waals surface area contributed by atoms with E-state index >= 15 is 0 Å². The van der Waals surface area contributed by atoms with E-state index in [0.29, 0.717) is 41.4 Å². The molecule has 0 amide bonds. The summed E-state index contributed by atoms with van der Waals surface area (Å²) in [6, 6.07) is 6.93. The van der Waals surface area contributed by atoms with Crippen LogP contribution in [0.15, 0.2) is 54.6 Å². The molecule has 1 fully saturated rings. The first kappa shape index (κ1) is 31.6. The fourth-order valence-corrected chi connectivity index (χ4v) is 4.27. The Morgan fingerprint density at radius 1 is 1.05 bits per heavy atom. The van der Waals surface area contributed by atoms with Crippen LogP contribution in [0.3, 0.4) is 0 Å². The van der Waals surface area contributed by atoms with Crippen LogP contribution in [-0.2, 0) is 6.61 Å². The number of aromatic nitrogens is 4. The minimum Gasteiger partial charge on any atom is -0.480 e. The number of alkyl halides is 5. The van der Waals surface area contributed by atoms with Crippen molar-refractivity contribution in [1.82, 2.24) is 24.8 Å². The molecule has 230 valence electrons. The summed E-state index contributed by atoms with van der Waals surface area (Å²) in [4.78, 5) is 18.6.